The maximum Gasteiger partial charge on any atom is 0.137 e. The number of hydrogen-bond donors (Lipinski definition) is 1. The summed E-state index contributed by atoms with van der Waals surface area (Å²) in [5, 5.41) is 3.13. The fourth-order valence-corrected chi connectivity index (χ4v) is 2.47. The number of anilines is 2. The van der Waals surface area contributed by atoms with Gasteiger partial charge in [0.2, 0.25) is 0 Å². The van der Waals surface area contributed by atoms with Gasteiger partial charge in [0.25, 0.3) is 0 Å². The zero-order valence-electron chi connectivity index (χ0n) is 11.7. The molecule has 5 nitrogen and oxygen atoms in total. The smallest absolute Gasteiger partial charge is 0.137 e. The second-order valence-corrected chi connectivity index (χ2v) is 4.74. The van der Waals surface area contributed by atoms with Gasteiger partial charge in [0.1, 0.15) is 17.5 Å². The average molecular weight is 250 g/mol. The van der Waals surface area contributed by atoms with Crippen LogP contribution in [0.3, 0.4) is 0 Å². The summed E-state index contributed by atoms with van der Waals surface area (Å²) in [6.45, 7) is 6.01. The lowest BCUT2D eigenvalue weighted by Gasteiger charge is -2.33. The van der Waals surface area contributed by atoms with Gasteiger partial charge < -0.3 is 15.0 Å². The highest BCUT2D eigenvalue weighted by Gasteiger charge is 2.22. The fraction of sp³-hybridized carbons (Fsp3) is 0.692. The maximum atomic E-state index is 5.40. The summed E-state index contributed by atoms with van der Waals surface area (Å²) in [6.07, 6.45) is 2.52. The first-order valence-corrected chi connectivity index (χ1v) is 6.46. The number of ether oxygens (including phenoxy) is 1. The van der Waals surface area contributed by atoms with Crippen LogP contribution in [0.2, 0.25) is 0 Å². The van der Waals surface area contributed by atoms with E-state index >= 15 is 0 Å². The molecule has 1 aliphatic rings. The first-order valence-electron chi connectivity index (χ1n) is 6.46. The Labute approximate surface area is 109 Å². The van der Waals surface area contributed by atoms with Crippen molar-refractivity contribution in [1.29, 1.82) is 0 Å². The van der Waals surface area contributed by atoms with Gasteiger partial charge in [-0.25, -0.2) is 9.97 Å². The number of aromatic nitrogens is 2. The maximum absolute atomic E-state index is 5.40. The molecule has 0 aliphatic carbocycles. The Balaban J connectivity index is 2.21. The molecule has 1 aliphatic heterocycles. The van der Waals surface area contributed by atoms with Crippen molar-refractivity contribution in [1.82, 2.24) is 9.97 Å². The predicted molar refractivity (Wildman–Crippen MR) is 73.3 cm³/mol. The molecule has 0 saturated carbocycles. The third-order valence-corrected chi connectivity index (χ3v) is 3.54. The molecule has 0 unspecified atom stereocenters. The molecule has 2 heterocycles. The molecule has 0 spiro atoms. The number of nitrogens with zero attached hydrogens (tertiary/aromatic N) is 3. The van der Waals surface area contributed by atoms with Crippen molar-refractivity contribution in [2.75, 3.05) is 37.5 Å². The van der Waals surface area contributed by atoms with Crippen molar-refractivity contribution in [3.05, 3.63) is 11.4 Å². The van der Waals surface area contributed by atoms with Crippen LogP contribution in [0.25, 0.3) is 0 Å². The summed E-state index contributed by atoms with van der Waals surface area (Å²) in [4.78, 5) is 11.3. The van der Waals surface area contributed by atoms with Crippen LogP contribution in [0, 0.1) is 13.8 Å². The Morgan fingerprint density at radius 3 is 2.44 bits per heavy atom. The summed E-state index contributed by atoms with van der Waals surface area (Å²) < 4.78 is 5.40. The van der Waals surface area contributed by atoms with Crippen LogP contribution >= 0.6 is 0 Å². The molecule has 1 saturated heterocycles. The molecule has 18 heavy (non-hydrogen) atoms. The van der Waals surface area contributed by atoms with Crippen LogP contribution in [-0.2, 0) is 4.74 Å². The van der Waals surface area contributed by atoms with Crippen molar-refractivity contribution in [3.8, 4) is 0 Å². The van der Waals surface area contributed by atoms with E-state index in [0.717, 1.165) is 49.0 Å². The molecule has 0 atom stereocenters. The molecule has 1 N–H and O–H groups in total. The molecule has 0 bridgehead atoms. The highest BCUT2D eigenvalue weighted by atomic mass is 16.5. The van der Waals surface area contributed by atoms with E-state index in [0.29, 0.717) is 6.10 Å². The minimum absolute atomic E-state index is 0.397. The number of piperidine rings is 1. The third kappa shape index (κ3) is 2.56. The fourth-order valence-electron chi connectivity index (χ4n) is 2.47. The number of rotatable bonds is 3. The van der Waals surface area contributed by atoms with Gasteiger partial charge in [0, 0.05) is 32.8 Å². The molecule has 2 rings (SSSR count). The second kappa shape index (κ2) is 5.52. The molecule has 1 aromatic heterocycles. The van der Waals surface area contributed by atoms with E-state index in [4.69, 9.17) is 4.74 Å². The van der Waals surface area contributed by atoms with Gasteiger partial charge in [0.05, 0.1) is 6.10 Å². The van der Waals surface area contributed by atoms with Gasteiger partial charge in [-0.05, 0) is 26.7 Å². The van der Waals surface area contributed by atoms with Gasteiger partial charge in [-0.1, -0.05) is 0 Å². The highest BCUT2D eigenvalue weighted by molar-refractivity contribution is 5.58. The van der Waals surface area contributed by atoms with Gasteiger partial charge in [-0.2, -0.15) is 0 Å². The van der Waals surface area contributed by atoms with Crippen LogP contribution in [0.4, 0.5) is 11.6 Å². The van der Waals surface area contributed by atoms with E-state index in [-0.39, 0.29) is 0 Å². The van der Waals surface area contributed by atoms with Gasteiger partial charge in [-0.3, -0.25) is 0 Å². The largest absolute Gasteiger partial charge is 0.381 e. The monoisotopic (exact) mass is 250 g/mol. The topological polar surface area (TPSA) is 50.3 Å². The molecule has 1 aromatic rings. The van der Waals surface area contributed by atoms with E-state index in [1.165, 1.54) is 0 Å². The van der Waals surface area contributed by atoms with E-state index < -0.39 is 0 Å². The van der Waals surface area contributed by atoms with Crippen LogP contribution in [-0.4, -0.2) is 43.3 Å². The van der Waals surface area contributed by atoms with Crippen molar-refractivity contribution < 1.29 is 4.74 Å². The number of methoxy groups -OCH3 is 1. The highest BCUT2D eigenvalue weighted by Crippen LogP contribution is 2.26. The zero-order chi connectivity index (χ0) is 13.1. The van der Waals surface area contributed by atoms with E-state index in [2.05, 4.69) is 27.1 Å². The quantitative estimate of drug-likeness (QED) is 0.885. The predicted octanol–water partition coefficient (Wildman–Crippen LogP) is 1.75. The van der Waals surface area contributed by atoms with Crippen molar-refractivity contribution in [3.63, 3.8) is 0 Å². The Kier molecular flexibility index (Phi) is 4.01. The normalized spacial score (nSPS) is 17.0. The summed E-state index contributed by atoms with van der Waals surface area (Å²) in [5.41, 5.74) is 1.12. The van der Waals surface area contributed by atoms with Crippen molar-refractivity contribution in [2.45, 2.75) is 32.8 Å². The lowest BCUT2D eigenvalue weighted by molar-refractivity contribution is 0.0818. The number of nitrogens with one attached hydrogen (secondary N) is 1. The van der Waals surface area contributed by atoms with Gasteiger partial charge in [-0.15, -0.1) is 0 Å². The van der Waals surface area contributed by atoms with E-state index in [1.807, 2.05) is 14.0 Å². The Morgan fingerprint density at radius 1 is 1.22 bits per heavy atom. The lowest BCUT2D eigenvalue weighted by Crippen LogP contribution is -2.37. The van der Waals surface area contributed by atoms with Gasteiger partial charge >= 0.3 is 0 Å². The minimum Gasteiger partial charge on any atom is -0.381 e. The van der Waals surface area contributed by atoms with Crippen molar-refractivity contribution >= 4 is 11.6 Å². The number of aryl methyl sites for hydroxylation is 1. The molecule has 0 radical (unpaired) electrons. The Hall–Kier alpha value is -1.36. The lowest BCUT2D eigenvalue weighted by atomic mass is 10.1. The SMILES string of the molecule is CNc1nc(C)nc(N2CCC(OC)CC2)c1C. The molecule has 100 valence electrons. The molecule has 0 aromatic carbocycles. The summed E-state index contributed by atoms with van der Waals surface area (Å²) in [5.74, 6) is 2.79. The van der Waals surface area contributed by atoms with Crippen LogP contribution in [0.5, 0.6) is 0 Å². The molecular formula is C13H22N4O. The van der Waals surface area contributed by atoms with Gasteiger partial charge in [0.15, 0.2) is 0 Å². The average Bonchev–Trinajstić information content (AvgIpc) is 2.41. The molecule has 1 fully saturated rings. The van der Waals surface area contributed by atoms with Crippen LogP contribution in [0.1, 0.15) is 24.2 Å². The third-order valence-electron chi connectivity index (χ3n) is 3.54. The second-order valence-electron chi connectivity index (χ2n) is 4.74. The standard InChI is InChI=1S/C13H22N4O/c1-9-12(14-3)15-10(2)16-13(9)17-7-5-11(18-4)6-8-17/h11H,5-8H2,1-4H3,(H,14,15,16). The zero-order valence-corrected chi connectivity index (χ0v) is 11.7. The summed E-state index contributed by atoms with van der Waals surface area (Å²) in [7, 11) is 3.69. The molecule has 0 amide bonds. The first-order chi connectivity index (χ1) is 8.65. The van der Waals surface area contributed by atoms with Crippen LogP contribution in [0.15, 0.2) is 0 Å². The Bertz CT molecular complexity index is 414. The summed E-state index contributed by atoms with van der Waals surface area (Å²) >= 11 is 0. The first kappa shape index (κ1) is 13.1. The molecular weight excluding hydrogens is 228 g/mol. The number of hydrogen-bond acceptors (Lipinski definition) is 5. The van der Waals surface area contributed by atoms with E-state index in [1.54, 1.807) is 7.11 Å². The minimum atomic E-state index is 0.397. The summed E-state index contributed by atoms with van der Waals surface area (Å²) in [6, 6.07) is 0. The molecule has 5 heteroatoms. The van der Waals surface area contributed by atoms with Crippen molar-refractivity contribution in [2.24, 2.45) is 0 Å². The van der Waals surface area contributed by atoms with E-state index in [9.17, 15) is 0 Å². The Morgan fingerprint density at radius 2 is 1.89 bits per heavy atom. The van der Waals surface area contributed by atoms with Crippen LogP contribution < -0.4 is 10.2 Å².